The number of nitrogens with one attached hydrogen (secondary N) is 1. The molecule has 1 unspecified atom stereocenters. The van der Waals surface area contributed by atoms with Crippen LogP contribution in [-0.4, -0.2) is 49.8 Å². The fourth-order valence-corrected chi connectivity index (χ4v) is 2.88. The molecule has 2 saturated heterocycles. The Kier molecular flexibility index (Phi) is 3.65. The molecular weight excluding hydrogens is 188 g/mol. The molecule has 0 spiro atoms. The number of hydrogen-bond donors (Lipinski definition) is 1. The van der Waals surface area contributed by atoms with Gasteiger partial charge in [0.15, 0.2) is 0 Å². The molecule has 0 bridgehead atoms. The summed E-state index contributed by atoms with van der Waals surface area (Å²) >= 11 is 0. The van der Waals surface area contributed by atoms with Gasteiger partial charge in [0, 0.05) is 31.3 Å². The largest absolute Gasteiger partial charge is 0.380 e. The van der Waals surface area contributed by atoms with Gasteiger partial charge in [-0.05, 0) is 39.7 Å². The first-order valence-electron chi connectivity index (χ1n) is 6.25. The maximum Gasteiger partial charge on any atom is 0.0647 e. The number of likely N-dealkylation sites (tertiary alicyclic amines) is 1. The predicted octanol–water partition coefficient (Wildman–Crippen LogP) is 1.24. The lowest BCUT2D eigenvalue weighted by atomic mass is 9.90. The zero-order valence-corrected chi connectivity index (χ0v) is 10.1. The van der Waals surface area contributed by atoms with Crippen LogP contribution in [0.5, 0.6) is 0 Å². The number of rotatable bonds is 2. The third-order valence-electron chi connectivity index (χ3n) is 4.08. The third-order valence-corrected chi connectivity index (χ3v) is 4.08. The smallest absolute Gasteiger partial charge is 0.0647 e. The number of nitrogens with zero attached hydrogens (tertiary/aromatic N) is 1. The molecule has 0 radical (unpaired) electrons. The minimum absolute atomic E-state index is 0.316. The summed E-state index contributed by atoms with van der Waals surface area (Å²) in [6, 6.07) is 0.731. The minimum atomic E-state index is 0.316. The van der Waals surface area contributed by atoms with Crippen LogP contribution >= 0.6 is 0 Å². The Morgan fingerprint density at radius 3 is 2.60 bits per heavy atom. The van der Waals surface area contributed by atoms with Crippen LogP contribution in [0.25, 0.3) is 0 Å². The molecule has 0 amide bonds. The van der Waals surface area contributed by atoms with Gasteiger partial charge in [-0.1, -0.05) is 0 Å². The van der Waals surface area contributed by atoms with E-state index >= 15 is 0 Å². The quantitative estimate of drug-likeness (QED) is 0.745. The van der Waals surface area contributed by atoms with Gasteiger partial charge in [0.2, 0.25) is 0 Å². The number of hydrogen-bond acceptors (Lipinski definition) is 3. The van der Waals surface area contributed by atoms with E-state index in [1.165, 1.54) is 38.8 Å². The molecule has 0 aromatic rings. The molecule has 2 fully saturated rings. The Morgan fingerprint density at radius 2 is 2.07 bits per heavy atom. The van der Waals surface area contributed by atoms with Crippen LogP contribution in [0.4, 0.5) is 0 Å². The van der Waals surface area contributed by atoms with Crippen LogP contribution < -0.4 is 5.32 Å². The molecular formula is C12H24N2O. The predicted molar refractivity (Wildman–Crippen MR) is 62.1 cm³/mol. The number of ether oxygens (including phenoxy) is 1. The van der Waals surface area contributed by atoms with Crippen LogP contribution in [0.3, 0.4) is 0 Å². The first-order valence-corrected chi connectivity index (χ1v) is 6.25. The highest BCUT2D eigenvalue weighted by Gasteiger charge is 2.35. The lowest BCUT2D eigenvalue weighted by Crippen LogP contribution is -2.56. The molecule has 3 heteroatoms. The standard InChI is InChI=1S/C12H24N2O/c1-12(6-3-9-15-10-12)14-7-4-11(13-2)5-8-14/h11,13H,3-10H2,1-2H3. The summed E-state index contributed by atoms with van der Waals surface area (Å²) in [5, 5.41) is 3.38. The van der Waals surface area contributed by atoms with E-state index in [9.17, 15) is 0 Å². The van der Waals surface area contributed by atoms with Crippen molar-refractivity contribution in [2.24, 2.45) is 0 Å². The highest BCUT2D eigenvalue weighted by Crippen LogP contribution is 2.28. The van der Waals surface area contributed by atoms with Crippen molar-refractivity contribution >= 4 is 0 Å². The fourth-order valence-electron chi connectivity index (χ4n) is 2.88. The monoisotopic (exact) mass is 212 g/mol. The van der Waals surface area contributed by atoms with Gasteiger partial charge in [-0.3, -0.25) is 4.90 Å². The third kappa shape index (κ3) is 2.52. The highest BCUT2D eigenvalue weighted by atomic mass is 16.5. The van der Waals surface area contributed by atoms with E-state index in [1.807, 2.05) is 0 Å². The van der Waals surface area contributed by atoms with Gasteiger partial charge in [0.25, 0.3) is 0 Å². The Morgan fingerprint density at radius 1 is 1.33 bits per heavy atom. The van der Waals surface area contributed by atoms with Crippen molar-refractivity contribution in [3.05, 3.63) is 0 Å². The summed E-state index contributed by atoms with van der Waals surface area (Å²) in [5.41, 5.74) is 0.316. The van der Waals surface area contributed by atoms with Crippen LogP contribution in [0.15, 0.2) is 0 Å². The van der Waals surface area contributed by atoms with E-state index < -0.39 is 0 Å². The highest BCUT2D eigenvalue weighted by molar-refractivity contribution is 4.91. The van der Waals surface area contributed by atoms with Crippen LogP contribution in [-0.2, 0) is 4.74 Å². The van der Waals surface area contributed by atoms with Crippen LogP contribution in [0, 0.1) is 0 Å². The van der Waals surface area contributed by atoms with E-state index in [4.69, 9.17) is 4.74 Å². The average molecular weight is 212 g/mol. The summed E-state index contributed by atoms with van der Waals surface area (Å²) in [7, 11) is 2.08. The molecule has 1 atom stereocenters. The molecule has 2 rings (SSSR count). The molecule has 3 nitrogen and oxygen atoms in total. The van der Waals surface area contributed by atoms with Crippen molar-refractivity contribution in [2.75, 3.05) is 33.4 Å². The second-order valence-corrected chi connectivity index (χ2v) is 5.20. The van der Waals surface area contributed by atoms with Gasteiger partial charge in [-0.2, -0.15) is 0 Å². The molecule has 88 valence electrons. The Bertz CT molecular complexity index is 194. The van der Waals surface area contributed by atoms with Gasteiger partial charge < -0.3 is 10.1 Å². The van der Waals surface area contributed by atoms with E-state index in [-0.39, 0.29) is 0 Å². The Hall–Kier alpha value is -0.120. The lowest BCUT2D eigenvalue weighted by Gasteiger charge is -2.46. The zero-order chi connectivity index (χ0) is 10.7. The summed E-state index contributed by atoms with van der Waals surface area (Å²) < 4.78 is 5.63. The van der Waals surface area contributed by atoms with Gasteiger partial charge in [0.1, 0.15) is 0 Å². The van der Waals surface area contributed by atoms with Crippen molar-refractivity contribution < 1.29 is 4.74 Å². The van der Waals surface area contributed by atoms with Gasteiger partial charge in [0.05, 0.1) is 6.61 Å². The Labute approximate surface area is 93.2 Å². The second kappa shape index (κ2) is 4.81. The topological polar surface area (TPSA) is 24.5 Å². The summed E-state index contributed by atoms with van der Waals surface area (Å²) in [6.45, 7) is 6.71. The van der Waals surface area contributed by atoms with Crippen molar-refractivity contribution in [2.45, 2.75) is 44.2 Å². The van der Waals surface area contributed by atoms with E-state index in [2.05, 4.69) is 24.2 Å². The van der Waals surface area contributed by atoms with E-state index in [1.54, 1.807) is 0 Å². The maximum absolute atomic E-state index is 5.63. The molecule has 0 aliphatic carbocycles. The zero-order valence-electron chi connectivity index (χ0n) is 10.1. The van der Waals surface area contributed by atoms with E-state index in [0.29, 0.717) is 5.54 Å². The normalized spacial score (nSPS) is 35.6. The fraction of sp³-hybridized carbons (Fsp3) is 1.00. The van der Waals surface area contributed by atoms with Gasteiger partial charge >= 0.3 is 0 Å². The maximum atomic E-state index is 5.63. The van der Waals surface area contributed by atoms with Crippen molar-refractivity contribution in [3.8, 4) is 0 Å². The lowest BCUT2D eigenvalue weighted by molar-refractivity contribution is -0.0490. The molecule has 2 aliphatic heterocycles. The van der Waals surface area contributed by atoms with Gasteiger partial charge in [-0.25, -0.2) is 0 Å². The summed E-state index contributed by atoms with van der Waals surface area (Å²) in [5.74, 6) is 0. The Balaban J connectivity index is 1.88. The van der Waals surface area contributed by atoms with Crippen molar-refractivity contribution in [1.29, 1.82) is 0 Å². The average Bonchev–Trinajstić information content (AvgIpc) is 2.30. The molecule has 1 N–H and O–H groups in total. The first-order chi connectivity index (χ1) is 7.24. The second-order valence-electron chi connectivity index (χ2n) is 5.20. The SMILES string of the molecule is CNC1CCN(C2(C)CCCOC2)CC1. The molecule has 15 heavy (non-hydrogen) atoms. The molecule has 2 aliphatic rings. The van der Waals surface area contributed by atoms with Crippen LogP contribution in [0.2, 0.25) is 0 Å². The van der Waals surface area contributed by atoms with E-state index in [0.717, 1.165) is 19.3 Å². The first kappa shape index (κ1) is 11.4. The van der Waals surface area contributed by atoms with Crippen molar-refractivity contribution in [3.63, 3.8) is 0 Å². The summed E-state index contributed by atoms with van der Waals surface area (Å²) in [6.07, 6.45) is 5.10. The molecule has 0 aromatic heterocycles. The minimum Gasteiger partial charge on any atom is -0.380 e. The van der Waals surface area contributed by atoms with Crippen molar-refractivity contribution in [1.82, 2.24) is 10.2 Å². The van der Waals surface area contributed by atoms with Gasteiger partial charge in [-0.15, -0.1) is 0 Å². The molecule has 0 aromatic carbocycles. The van der Waals surface area contributed by atoms with Crippen LogP contribution in [0.1, 0.15) is 32.6 Å². The number of piperidine rings is 1. The summed E-state index contributed by atoms with van der Waals surface area (Å²) in [4.78, 5) is 2.64. The molecule has 2 heterocycles. The molecule has 0 saturated carbocycles.